The number of amides is 2. The van der Waals surface area contributed by atoms with Gasteiger partial charge in [0.25, 0.3) is 5.91 Å². The van der Waals surface area contributed by atoms with Gasteiger partial charge in [0.15, 0.2) is 10.9 Å². The zero-order valence-electron chi connectivity index (χ0n) is 18.5. The molecule has 0 unspecified atom stereocenters. The zero-order valence-corrected chi connectivity index (χ0v) is 20.1. The Morgan fingerprint density at radius 3 is 2.76 bits per heavy atom. The third kappa shape index (κ3) is 4.63. The monoisotopic (exact) mass is 491 g/mol. The largest absolute Gasteiger partial charge is 0.458 e. The summed E-state index contributed by atoms with van der Waals surface area (Å²) in [6.45, 7) is 4.37. The molecule has 5 aromatic rings. The first kappa shape index (κ1) is 22.1. The van der Waals surface area contributed by atoms with Crippen LogP contribution in [0.1, 0.15) is 33.6 Å². The zero-order chi connectivity index (χ0) is 23.7. The van der Waals surface area contributed by atoms with Gasteiger partial charge in [0.2, 0.25) is 5.91 Å². The maximum absolute atomic E-state index is 12.9. The van der Waals surface area contributed by atoms with Crippen molar-refractivity contribution in [3.63, 3.8) is 0 Å². The second-order valence-corrected chi connectivity index (χ2v) is 9.61. The highest BCUT2D eigenvalue weighted by atomic mass is 32.1. The number of thiophene rings is 1. The van der Waals surface area contributed by atoms with E-state index in [9.17, 15) is 9.59 Å². The number of hydrogen-bond acceptors (Lipinski definition) is 7. The number of nitrogens with one attached hydrogen (secondary N) is 2. The quantitative estimate of drug-likeness (QED) is 0.331. The lowest BCUT2D eigenvalue weighted by atomic mass is 10.2. The number of anilines is 1. The Kier molecular flexibility index (Phi) is 5.99. The van der Waals surface area contributed by atoms with Crippen LogP contribution in [0.4, 0.5) is 5.13 Å². The molecule has 0 fully saturated rings. The van der Waals surface area contributed by atoms with Crippen LogP contribution < -0.4 is 10.6 Å². The van der Waals surface area contributed by atoms with Gasteiger partial charge in [-0.3, -0.25) is 19.6 Å². The van der Waals surface area contributed by atoms with E-state index in [0.29, 0.717) is 40.3 Å². The van der Waals surface area contributed by atoms with Crippen LogP contribution in [-0.4, -0.2) is 26.6 Å². The van der Waals surface area contributed by atoms with E-state index in [4.69, 9.17) is 4.42 Å². The minimum absolute atomic E-state index is 0.124. The molecule has 0 spiro atoms. The summed E-state index contributed by atoms with van der Waals surface area (Å²) >= 11 is 2.74. The first-order valence-corrected chi connectivity index (χ1v) is 12.3. The molecular weight excluding hydrogens is 470 g/mol. The summed E-state index contributed by atoms with van der Waals surface area (Å²) < 4.78 is 7.68. The van der Waals surface area contributed by atoms with Crippen LogP contribution >= 0.6 is 22.7 Å². The first-order valence-electron chi connectivity index (χ1n) is 10.6. The van der Waals surface area contributed by atoms with E-state index in [-0.39, 0.29) is 11.8 Å². The molecule has 0 saturated carbocycles. The highest BCUT2D eigenvalue weighted by Crippen LogP contribution is 2.31. The van der Waals surface area contributed by atoms with Crippen LogP contribution in [0.3, 0.4) is 0 Å². The fourth-order valence-electron chi connectivity index (χ4n) is 3.51. The van der Waals surface area contributed by atoms with Gasteiger partial charge in [-0.05, 0) is 30.7 Å². The molecule has 0 saturated heterocycles. The van der Waals surface area contributed by atoms with Crippen molar-refractivity contribution in [2.75, 3.05) is 5.32 Å². The van der Waals surface area contributed by atoms with Gasteiger partial charge in [-0.25, -0.2) is 4.98 Å². The molecule has 4 aromatic heterocycles. The number of carbonyl (C=O) groups is 2. The Balaban J connectivity index is 1.30. The van der Waals surface area contributed by atoms with E-state index in [0.717, 1.165) is 21.5 Å². The highest BCUT2D eigenvalue weighted by molar-refractivity contribution is 7.20. The van der Waals surface area contributed by atoms with E-state index in [1.807, 2.05) is 41.3 Å². The maximum Gasteiger partial charge on any atom is 0.267 e. The van der Waals surface area contributed by atoms with E-state index in [2.05, 4.69) is 32.8 Å². The lowest BCUT2D eigenvalue weighted by Gasteiger charge is -2.02. The van der Waals surface area contributed by atoms with Gasteiger partial charge < -0.3 is 9.73 Å². The first-order chi connectivity index (χ1) is 16.5. The van der Waals surface area contributed by atoms with E-state index < -0.39 is 0 Å². The Morgan fingerprint density at radius 2 is 1.97 bits per heavy atom. The molecule has 10 heteroatoms. The Hall–Kier alpha value is -3.76. The number of aryl methyl sites for hydroxylation is 1. The molecule has 0 atom stereocenters. The van der Waals surface area contributed by atoms with Crippen LogP contribution in [0, 0.1) is 6.92 Å². The third-order valence-corrected chi connectivity index (χ3v) is 7.06. The van der Waals surface area contributed by atoms with Crippen molar-refractivity contribution in [1.29, 1.82) is 0 Å². The van der Waals surface area contributed by atoms with Crippen molar-refractivity contribution < 1.29 is 14.0 Å². The van der Waals surface area contributed by atoms with Crippen LogP contribution in [0.2, 0.25) is 0 Å². The van der Waals surface area contributed by atoms with Gasteiger partial charge in [0.05, 0.1) is 23.7 Å². The fraction of sp³-hybridized carbons (Fsp3) is 0.167. The summed E-state index contributed by atoms with van der Waals surface area (Å²) in [5, 5.41) is 13.5. The van der Waals surface area contributed by atoms with E-state index in [1.165, 1.54) is 29.6 Å². The van der Waals surface area contributed by atoms with Gasteiger partial charge in [-0.15, -0.1) is 22.7 Å². The molecule has 0 bridgehead atoms. The number of carbonyl (C=O) groups excluding carboxylic acids is 2. The van der Waals surface area contributed by atoms with Crippen molar-refractivity contribution >= 4 is 49.8 Å². The second kappa shape index (κ2) is 9.24. The summed E-state index contributed by atoms with van der Waals surface area (Å²) in [6, 6.07) is 15.6. The number of thiazole rings is 1. The minimum Gasteiger partial charge on any atom is -0.458 e. The third-order valence-electron chi connectivity index (χ3n) is 5.16. The minimum atomic E-state index is -0.210. The molecule has 0 aliphatic rings. The molecule has 2 amide bonds. The fourth-order valence-corrected chi connectivity index (χ4v) is 5.26. The summed E-state index contributed by atoms with van der Waals surface area (Å²) in [6.07, 6.45) is 0. The van der Waals surface area contributed by atoms with Crippen LogP contribution in [-0.2, 0) is 17.9 Å². The predicted molar refractivity (Wildman–Crippen MR) is 133 cm³/mol. The summed E-state index contributed by atoms with van der Waals surface area (Å²) in [5.74, 6) is 0.879. The number of aromatic nitrogens is 3. The molecule has 0 radical (unpaired) electrons. The van der Waals surface area contributed by atoms with Crippen LogP contribution in [0.25, 0.3) is 21.7 Å². The molecule has 0 aliphatic heterocycles. The molecule has 5 rings (SSSR count). The van der Waals surface area contributed by atoms with Gasteiger partial charge in [0, 0.05) is 17.7 Å². The number of hydrogen-bond donors (Lipinski definition) is 2. The highest BCUT2D eigenvalue weighted by Gasteiger charge is 2.18. The summed E-state index contributed by atoms with van der Waals surface area (Å²) in [4.78, 5) is 30.1. The number of furan rings is 1. The average Bonchev–Trinajstić information content (AvgIpc) is 3.59. The molecule has 8 nitrogen and oxygen atoms in total. The van der Waals surface area contributed by atoms with Gasteiger partial charge in [0.1, 0.15) is 16.3 Å². The summed E-state index contributed by atoms with van der Waals surface area (Å²) in [7, 11) is 0. The number of benzene rings is 1. The maximum atomic E-state index is 12.9. The standard InChI is InChI=1S/C24H21N5O3S2/c1-14-18-10-21(34-23(18)29(28-14)12-16-6-4-3-5-7-16)22(31)27-24-26-19(13-33-24)20-9-8-17(32-20)11-25-15(2)30/h3-10,13H,11-12H2,1-2H3,(H,25,30)(H,26,27,31). The lowest BCUT2D eigenvalue weighted by molar-refractivity contribution is -0.119. The lowest BCUT2D eigenvalue weighted by Crippen LogP contribution is -2.18. The average molecular weight is 492 g/mol. The topological polar surface area (TPSA) is 102 Å². The van der Waals surface area contributed by atoms with Gasteiger partial charge >= 0.3 is 0 Å². The molecule has 0 aliphatic carbocycles. The molecule has 4 heterocycles. The number of rotatable bonds is 7. The van der Waals surface area contributed by atoms with Crippen LogP contribution in [0.5, 0.6) is 0 Å². The van der Waals surface area contributed by atoms with Crippen molar-refractivity contribution in [2.45, 2.75) is 26.9 Å². The van der Waals surface area contributed by atoms with Crippen molar-refractivity contribution in [2.24, 2.45) is 0 Å². The Labute approximate surface area is 203 Å². The SMILES string of the molecule is CC(=O)NCc1ccc(-c2csc(NC(=O)c3cc4c(C)nn(Cc5ccccc5)c4s3)n2)o1. The van der Waals surface area contributed by atoms with Crippen molar-refractivity contribution in [1.82, 2.24) is 20.1 Å². The Morgan fingerprint density at radius 1 is 1.15 bits per heavy atom. The molecule has 34 heavy (non-hydrogen) atoms. The predicted octanol–water partition coefficient (Wildman–Crippen LogP) is 5.06. The second-order valence-electron chi connectivity index (χ2n) is 7.73. The Bertz CT molecular complexity index is 1480. The molecule has 2 N–H and O–H groups in total. The van der Waals surface area contributed by atoms with Crippen molar-refractivity contribution in [3.8, 4) is 11.5 Å². The van der Waals surface area contributed by atoms with Gasteiger partial charge in [-0.1, -0.05) is 30.3 Å². The number of nitrogens with zero attached hydrogens (tertiary/aromatic N) is 3. The van der Waals surface area contributed by atoms with E-state index in [1.54, 1.807) is 12.1 Å². The summed E-state index contributed by atoms with van der Waals surface area (Å²) in [5.41, 5.74) is 2.67. The number of fused-ring (bicyclic) bond motifs is 1. The molecule has 172 valence electrons. The van der Waals surface area contributed by atoms with Gasteiger partial charge in [-0.2, -0.15) is 5.10 Å². The van der Waals surface area contributed by atoms with E-state index >= 15 is 0 Å². The normalized spacial score (nSPS) is 11.1. The van der Waals surface area contributed by atoms with Crippen LogP contribution in [0.15, 0.2) is 58.3 Å². The van der Waals surface area contributed by atoms with Crippen molar-refractivity contribution in [3.05, 3.63) is 75.8 Å². The smallest absolute Gasteiger partial charge is 0.267 e. The molecular formula is C24H21N5O3S2. The molecule has 1 aromatic carbocycles.